The van der Waals surface area contributed by atoms with Gasteiger partial charge in [0.15, 0.2) is 11.6 Å². The molecule has 0 unspecified atom stereocenters. The van der Waals surface area contributed by atoms with E-state index >= 15 is 0 Å². The zero-order chi connectivity index (χ0) is 16.3. The molecule has 122 valence electrons. The summed E-state index contributed by atoms with van der Waals surface area (Å²) in [7, 11) is 0. The maximum atomic E-state index is 13.4. The minimum atomic E-state index is -0.872. The summed E-state index contributed by atoms with van der Waals surface area (Å²) >= 11 is 0. The number of nitrogens with one attached hydrogen (secondary N) is 3. The van der Waals surface area contributed by atoms with Gasteiger partial charge in [-0.2, -0.15) is 0 Å². The van der Waals surface area contributed by atoms with E-state index in [1.165, 1.54) is 6.07 Å². The van der Waals surface area contributed by atoms with Crippen molar-refractivity contribution >= 4 is 6.09 Å². The molecule has 1 fully saturated rings. The summed E-state index contributed by atoms with van der Waals surface area (Å²) in [6.45, 7) is 6.52. The van der Waals surface area contributed by atoms with Crippen molar-refractivity contribution in [1.82, 2.24) is 16.2 Å². The maximum absolute atomic E-state index is 13.4. The van der Waals surface area contributed by atoms with Crippen LogP contribution in [0.25, 0.3) is 0 Å². The standard InChI is InChI=1S/C15H21F2N3O2/c1-15(2,3)22-14(21)20-19-13-8-18-7-10(13)9-4-5-11(16)12(17)6-9/h4-6,10,13,18-19H,7-8H2,1-3H3,(H,20,21)/t10-,13+/m0/s1. The first-order valence-electron chi connectivity index (χ1n) is 7.16. The summed E-state index contributed by atoms with van der Waals surface area (Å²) in [6.07, 6.45) is -0.580. The van der Waals surface area contributed by atoms with Crippen LogP contribution in [0, 0.1) is 11.6 Å². The highest BCUT2D eigenvalue weighted by Gasteiger charge is 2.29. The molecule has 7 heteroatoms. The Kier molecular flexibility index (Phi) is 4.97. The molecule has 3 N–H and O–H groups in total. The third kappa shape index (κ3) is 4.38. The van der Waals surface area contributed by atoms with E-state index in [9.17, 15) is 13.6 Å². The first kappa shape index (κ1) is 16.6. The van der Waals surface area contributed by atoms with E-state index in [0.29, 0.717) is 18.7 Å². The lowest BCUT2D eigenvalue weighted by Crippen LogP contribution is -2.48. The summed E-state index contributed by atoms with van der Waals surface area (Å²) in [4.78, 5) is 11.6. The number of benzene rings is 1. The average Bonchev–Trinajstić information content (AvgIpc) is 2.86. The lowest BCUT2D eigenvalue weighted by Gasteiger charge is -2.23. The van der Waals surface area contributed by atoms with Crippen LogP contribution in [0.1, 0.15) is 32.3 Å². The Labute approximate surface area is 128 Å². The van der Waals surface area contributed by atoms with Gasteiger partial charge in [-0.05, 0) is 38.5 Å². The third-order valence-corrected chi connectivity index (χ3v) is 3.34. The number of amides is 1. The normalized spacial score (nSPS) is 21.7. The van der Waals surface area contributed by atoms with Crippen molar-refractivity contribution in [2.24, 2.45) is 0 Å². The van der Waals surface area contributed by atoms with Gasteiger partial charge in [-0.15, -0.1) is 0 Å². The summed E-state index contributed by atoms with van der Waals surface area (Å²) in [5, 5.41) is 3.16. The Morgan fingerprint density at radius 1 is 1.27 bits per heavy atom. The van der Waals surface area contributed by atoms with Crippen molar-refractivity contribution in [2.75, 3.05) is 13.1 Å². The number of ether oxygens (including phenoxy) is 1. The van der Waals surface area contributed by atoms with Crippen molar-refractivity contribution in [3.8, 4) is 0 Å². The Morgan fingerprint density at radius 2 is 2.00 bits per heavy atom. The van der Waals surface area contributed by atoms with E-state index in [4.69, 9.17) is 4.74 Å². The van der Waals surface area contributed by atoms with Crippen LogP contribution in [-0.4, -0.2) is 30.8 Å². The molecule has 22 heavy (non-hydrogen) atoms. The van der Waals surface area contributed by atoms with E-state index in [1.807, 2.05) is 0 Å². The van der Waals surface area contributed by atoms with Gasteiger partial charge in [0, 0.05) is 25.0 Å². The predicted octanol–water partition coefficient (Wildman–Crippen LogP) is 2.05. The third-order valence-electron chi connectivity index (χ3n) is 3.34. The molecule has 0 saturated carbocycles. The topological polar surface area (TPSA) is 62.4 Å². The van der Waals surface area contributed by atoms with Gasteiger partial charge in [-0.25, -0.2) is 19.0 Å². The van der Waals surface area contributed by atoms with Crippen molar-refractivity contribution < 1.29 is 18.3 Å². The molecule has 1 aliphatic heterocycles. The Bertz CT molecular complexity index is 546. The van der Waals surface area contributed by atoms with Crippen molar-refractivity contribution in [3.05, 3.63) is 35.4 Å². The van der Waals surface area contributed by atoms with Crippen LogP contribution in [0.2, 0.25) is 0 Å². The van der Waals surface area contributed by atoms with Crippen LogP contribution in [0.15, 0.2) is 18.2 Å². The number of halogens is 2. The lowest BCUT2D eigenvalue weighted by atomic mass is 9.94. The zero-order valence-corrected chi connectivity index (χ0v) is 12.9. The molecule has 0 aliphatic carbocycles. The quantitative estimate of drug-likeness (QED) is 0.748. The van der Waals surface area contributed by atoms with Gasteiger partial charge < -0.3 is 10.1 Å². The number of rotatable bonds is 3. The molecule has 0 radical (unpaired) electrons. The highest BCUT2D eigenvalue weighted by atomic mass is 19.2. The van der Waals surface area contributed by atoms with Crippen molar-refractivity contribution in [2.45, 2.75) is 38.3 Å². The largest absolute Gasteiger partial charge is 0.443 e. The fourth-order valence-electron chi connectivity index (χ4n) is 2.38. The molecule has 0 spiro atoms. The molecule has 0 bridgehead atoms. The monoisotopic (exact) mass is 313 g/mol. The molecular weight excluding hydrogens is 292 g/mol. The fourth-order valence-corrected chi connectivity index (χ4v) is 2.38. The molecule has 2 atom stereocenters. The summed E-state index contributed by atoms with van der Waals surface area (Å²) < 4.78 is 31.5. The van der Waals surface area contributed by atoms with Crippen LogP contribution in [-0.2, 0) is 4.74 Å². The van der Waals surface area contributed by atoms with Gasteiger partial charge in [0.05, 0.1) is 0 Å². The van der Waals surface area contributed by atoms with Crippen LogP contribution in [0.4, 0.5) is 13.6 Å². The second kappa shape index (κ2) is 6.58. The molecule has 1 aromatic carbocycles. The molecule has 1 aliphatic rings. The smallest absolute Gasteiger partial charge is 0.422 e. The first-order valence-corrected chi connectivity index (χ1v) is 7.16. The molecule has 1 aromatic rings. The summed E-state index contributed by atoms with van der Waals surface area (Å²) in [5.74, 6) is -1.82. The van der Waals surface area contributed by atoms with E-state index in [-0.39, 0.29) is 12.0 Å². The highest BCUT2D eigenvalue weighted by Crippen LogP contribution is 2.24. The van der Waals surface area contributed by atoms with E-state index in [2.05, 4.69) is 16.2 Å². The van der Waals surface area contributed by atoms with Gasteiger partial charge in [0.25, 0.3) is 0 Å². The van der Waals surface area contributed by atoms with Gasteiger partial charge in [0.2, 0.25) is 0 Å². The summed E-state index contributed by atoms with van der Waals surface area (Å²) in [6, 6.07) is 3.71. The molecular formula is C15H21F2N3O2. The van der Waals surface area contributed by atoms with Crippen molar-refractivity contribution in [3.63, 3.8) is 0 Å². The first-order chi connectivity index (χ1) is 10.3. The SMILES string of the molecule is CC(C)(C)OC(=O)NN[C@@H]1CNC[C@H]1c1ccc(F)c(F)c1. The Balaban J connectivity index is 1.96. The van der Waals surface area contributed by atoms with Crippen LogP contribution < -0.4 is 16.2 Å². The molecule has 1 saturated heterocycles. The molecule has 1 amide bonds. The fraction of sp³-hybridized carbons (Fsp3) is 0.533. The van der Waals surface area contributed by atoms with Gasteiger partial charge in [-0.1, -0.05) is 6.07 Å². The average molecular weight is 313 g/mol. The summed E-state index contributed by atoms with van der Waals surface area (Å²) in [5.41, 5.74) is 5.46. The maximum Gasteiger partial charge on any atom is 0.422 e. The predicted molar refractivity (Wildman–Crippen MR) is 78.3 cm³/mol. The van der Waals surface area contributed by atoms with Crippen LogP contribution in [0.3, 0.4) is 0 Å². The molecule has 1 heterocycles. The van der Waals surface area contributed by atoms with E-state index < -0.39 is 23.3 Å². The molecule has 0 aromatic heterocycles. The second-order valence-corrected chi connectivity index (χ2v) is 6.32. The van der Waals surface area contributed by atoms with Crippen molar-refractivity contribution in [1.29, 1.82) is 0 Å². The van der Waals surface area contributed by atoms with Gasteiger partial charge in [-0.3, -0.25) is 5.43 Å². The van der Waals surface area contributed by atoms with Crippen LogP contribution >= 0.6 is 0 Å². The number of hydrazine groups is 1. The number of carbonyl (C=O) groups excluding carboxylic acids is 1. The minimum absolute atomic E-state index is 0.0787. The number of hydrogen-bond acceptors (Lipinski definition) is 4. The lowest BCUT2D eigenvalue weighted by molar-refractivity contribution is 0.0488. The Morgan fingerprint density at radius 3 is 2.64 bits per heavy atom. The van der Waals surface area contributed by atoms with Crippen LogP contribution in [0.5, 0.6) is 0 Å². The van der Waals surface area contributed by atoms with E-state index in [1.54, 1.807) is 26.8 Å². The van der Waals surface area contributed by atoms with E-state index in [0.717, 1.165) is 6.07 Å². The highest BCUT2D eigenvalue weighted by molar-refractivity contribution is 5.67. The number of hydrogen-bond donors (Lipinski definition) is 3. The van der Waals surface area contributed by atoms with Gasteiger partial charge >= 0.3 is 6.09 Å². The molecule has 2 rings (SSSR count). The van der Waals surface area contributed by atoms with Gasteiger partial charge in [0.1, 0.15) is 5.60 Å². The zero-order valence-electron chi connectivity index (χ0n) is 12.9. The molecule has 5 nitrogen and oxygen atoms in total. The second-order valence-electron chi connectivity index (χ2n) is 6.32. The Hall–Kier alpha value is -1.73. The minimum Gasteiger partial charge on any atom is -0.443 e. The number of carbonyl (C=O) groups is 1.